The Bertz CT molecular complexity index is 484. The molecule has 0 radical (unpaired) electrons. The third kappa shape index (κ3) is 5.04. The van der Waals surface area contributed by atoms with Crippen LogP contribution in [0.15, 0.2) is 30.3 Å². The van der Waals surface area contributed by atoms with Gasteiger partial charge in [0.25, 0.3) is 0 Å². The minimum atomic E-state index is -0.588. The minimum Gasteiger partial charge on any atom is -0.453 e. The lowest BCUT2D eigenvalue weighted by atomic mass is 10.1. The quantitative estimate of drug-likeness (QED) is 0.896. The van der Waals surface area contributed by atoms with Crippen molar-refractivity contribution in [2.45, 2.75) is 25.6 Å². The Balaban J connectivity index is 1.67. The lowest BCUT2D eigenvalue weighted by molar-refractivity contribution is -0.132. The summed E-state index contributed by atoms with van der Waals surface area (Å²) in [5.74, 6) is -0.0908. The topological polar surface area (TPSA) is 67.9 Å². The summed E-state index contributed by atoms with van der Waals surface area (Å²) in [6, 6.07) is 10.0. The number of methoxy groups -OCH3 is 1. The van der Waals surface area contributed by atoms with Crippen molar-refractivity contribution in [3.05, 3.63) is 35.9 Å². The molecule has 120 valence electrons. The largest absolute Gasteiger partial charge is 0.453 e. The van der Waals surface area contributed by atoms with E-state index in [1.54, 1.807) is 4.90 Å². The number of benzene rings is 1. The summed E-state index contributed by atoms with van der Waals surface area (Å²) in [5.41, 5.74) is 1.16. The summed E-state index contributed by atoms with van der Waals surface area (Å²) in [7, 11) is 1.27. The van der Waals surface area contributed by atoms with Gasteiger partial charge in [-0.15, -0.1) is 0 Å². The fourth-order valence-corrected chi connectivity index (χ4v) is 2.39. The number of carbonyl (C=O) groups is 2. The molecule has 6 nitrogen and oxygen atoms in total. The van der Waals surface area contributed by atoms with Crippen molar-refractivity contribution >= 4 is 12.0 Å². The van der Waals surface area contributed by atoms with Crippen molar-refractivity contribution in [2.75, 3.05) is 26.7 Å². The predicted octanol–water partition coefficient (Wildman–Crippen LogP) is 1.55. The van der Waals surface area contributed by atoms with E-state index in [1.807, 2.05) is 30.3 Å². The molecule has 0 aromatic heterocycles. The Morgan fingerprint density at radius 2 is 1.91 bits per heavy atom. The normalized spacial score (nSPS) is 15.4. The third-order valence-corrected chi connectivity index (χ3v) is 3.69. The first kappa shape index (κ1) is 16.3. The van der Waals surface area contributed by atoms with Gasteiger partial charge in [-0.3, -0.25) is 4.79 Å². The molecule has 0 bridgehead atoms. The molecule has 0 saturated carbocycles. The maximum atomic E-state index is 11.9. The lowest BCUT2D eigenvalue weighted by Gasteiger charge is -2.32. The van der Waals surface area contributed by atoms with Crippen LogP contribution in [0.5, 0.6) is 0 Å². The van der Waals surface area contributed by atoms with Gasteiger partial charge in [0, 0.05) is 13.1 Å². The molecular formula is C16H22N2O4. The summed E-state index contributed by atoms with van der Waals surface area (Å²) in [6.45, 7) is 1.88. The number of ether oxygens (including phenoxy) is 2. The average Bonchev–Trinajstić information content (AvgIpc) is 2.59. The number of nitrogens with zero attached hydrogens (tertiary/aromatic N) is 1. The monoisotopic (exact) mass is 306 g/mol. The third-order valence-electron chi connectivity index (χ3n) is 3.69. The Morgan fingerprint density at radius 1 is 1.23 bits per heavy atom. The summed E-state index contributed by atoms with van der Waals surface area (Å²) < 4.78 is 10.3. The highest BCUT2D eigenvalue weighted by Crippen LogP contribution is 2.15. The number of hydrogen-bond donors (Lipinski definition) is 1. The van der Waals surface area contributed by atoms with Crippen LogP contribution in [0.3, 0.4) is 0 Å². The first-order valence-corrected chi connectivity index (χ1v) is 7.44. The second-order valence-electron chi connectivity index (χ2n) is 5.22. The van der Waals surface area contributed by atoms with E-state index in [9.17, 15) is 9.59 Å². The van der Waals surface area contributed by atoms with Crippen LogP contribution in [0.2, 0.25) is 0 Å². The van der Waals surface area contributed by atoms with E-state index in [0.29, 0.717) is 19.7 Å². The van der Waals surface area contributed by atoms with Gasteiger partial charge in [0.05, 0.1) is 19.8 Å². The first-order chi connectivity index (χ1) is 10.7. The summed E-state index contributed by atoms with van der Waals surface area (Å²) in [6.07, 6.45) is 1.22. The van der Waals surface area contributed by atoms with Gasteiger partial charge in [-0.25, -0.2) is 4.79 Å². The number of nitrogens with one attached hydrogen (secondary N) is 1. The van der Waals surface area contributed by atoms with Crippen LogP contribution in [-0.4, -0.2) is 49.7 Å². The molecule has 0 unspecified atom stereocenters. The number of hydrogen-bond acceptors (Lipinski definition) is 4. The Morgan fingerprint density at radius 3 is 2.55 bits per heavy atom. The van der Waals surface area contributed by atoms with Gasteiger partial charge in [0.15, 0.2) is 0 Å². The SMILES string of the molecule is COC(=O)NCC(=O)N1CCC(OCc2ccccc2)CC1. The maximum absolute atomic E-state index is 11.9. The van der Waals surface area contributed by atoms with E-state index >= 15 is 0 Å². The number of rotatable bonds is 5. The van der Waals surface area contributed by atoms with Gasteiger partial charge in [0.2, 0.25) is 5.91 Å². The van der Waals surface area contributed by atoms with Crippen LogP contribution in [0.1, 0.15) is 18.4 Å². The highest BCUT2D eigenvalue weighted by Gasteiger charge is 2.23. The van der Waals surface area contributed by atoms with E-state index in [4.69, 9.17) is 4.74 Å². The van der Waals surface area contributed by atoms with E-state index in [0.717, 1.165) is 18.4 Å². The molecule has 1 saturated heterocycles. The van der Waals surface area contributed by atoms with Gasteiger partial charge < -0.3 is 19.7 Å². The van der Waals surface area contributed by atoms with Crippen molar-refractivity contribution < 1.29 is 19.1 Å². The van der Waals surface area contributed by atoms with Crippen LogP contribution in [-0.2, 0) is 20.9 Å². The first-order valence-electron chi connectivity index (χ1n) is 7.44. The van der Waals surface area contributed by atoms with Crippen molar-refractivity contribution in [1.82, 2.24) is 10.2 Å². The minimum absolute atomic E-state index is 0.0256. The number of likely N-dealkylation sites (tertiary alicyclic amines) is 1. The van der Waals surface area contributed by atoms with Gasteiger partial charge in [-0.2, -0.15) is 0 Å². The van der Waals surface area contributed by atoms with E-state index < -0.39 is 6.09 Å². The van der Waals surface area contributed by atoms with Gasteiger partial charge >= 0.3 is 6.09 Å². The Labute approximate surface area is 130 Å². The second-order valence-corrected chi connectivity index (χ2v) is 5.22. The van der Waals surface area contributed by atoms with E-state index in [1.165, 1.54) is 7.11 Å². The molecule has 1 aromatic carbocycles. The molecule has 1 N–H and O–H groups in total. The Hall–Kier alpha value is -2.08. The second kappa shape index (κ2) is 8.38. The van der Waals surface area contributed by atoms with Crippen LogP contribution < -0.4 is 5.32 Å². The van der Waals surface area contributed by atoms with Crippen LogP contribution in [0.25, 0.3) is 0 Å². The molecule has 0 aliphatic carbocycles. The van der Waals surface area contributed by atoms with Crippen LogP contribution in [0, 0.1) is 0 Å². The number of carbonyl (C=O) groups excluding carboxylic acids is 2. The fraction of sp³-hybridized carbons (Fsp3) is 0.500. The van der Waals surface area contributed by atoms with Crippen LogP contribution >= 0.6 is 0 Å². The zero-order valence-corrected chi connectivity index (χ0v) is 12.8. The van der Waals surface area contributed by atoms with Gasteiger partial charge in [-0.1, -0.05) is 30.3 Å². The molecular weight excluding hydrogens is 284 g/mol. The maximum Gasteiger partial charge on any atom is 0.407 e. The number of amides is 2. The van der Waals surface area contributed by atoms with Crippen molar-refractivity contribution in [2.24, 2.45) is 0 Å². The van der Waals surface area contributed by atoms with Crippen molar-refractivity contribution in [3.8, 4) is 0 Å². The molecule has 1 aliphatic heterocycles. The van der Waals surface area contributed by atoms with Gasteiger partial charge in [-0.05, 0) is 18.4 Å². The molecule has 0 atom stereocenters. The molecule has 1 heterocycles. The zero-order valence-electron chi connectivity index (χ0n) is 12.8. The van der Waals surface area contributed by atoms with Crippen LogP contribution in [0.4, 0.5) is 4.79 Å². The predicted molar refractivity (Wildman–Crippen MR) is 81.2 cm³/mol. The summed E-state index contributed by atoms with van der Waals surface area (Å²) in [5, 5.41) is 2.40. The molecule has 2 rings (SSSR count). The van der Waals surface area contributed by atoms with Gasteiger partial charge in [0.1, 0.15) is 6.54 Å². The molecule has 1 aliphatic rings. The molecule has 0 spiro atoms. The zero-order chi connectivity index (χ0) is 15.8. The highest BCUT2D eigenvalue weighted by molar-refractivity contribution is 5.82. The Kier molecular flexibility index (Phi) is 6.21. The summed E-state index contributed by atoms with van der Waals surface area (Å²) >= 11 is 0. The molecule has 2 amide bonds. The molecule has 6 heteroatoms. The standard InChI is InChI=1S/C16H22N2O4/c1-21-16(20)17-11-15(19)18-9-7-14(8-10-18)22-12-13-5-3-2-4-6-13/h2-6,14H,7-12H2,1H3,(H,17,20). The number of piperidine rings is 1. The fourth-order valence-electron chi connectivity index (χ4n) is 2.39. The average molecular weight is 306 g/mol. The molecule has 1 aromatic rings. The number of alkyl carbamates (subject to hydrolysis) is 1. The molecule has 22 heavy (non-hydrogen) atoms. The molecule has 1 fully saturated rings. The lowest BCUT2D eigenvalue weighted by Crippen LogP contribution is -2.45. The van der Waals surface area contributed by atoms with Crippen molar-refractivity contribution in [1.29, 1.82) is 0 Å². The highest BCUT2D eigenvalue weighted by atomic mass is 16.5. The van der Waals surface area contributed by atoms with E-state index in [-0.39, 0.29) is 18.6 Å². The van der Waals surface area contributed by atoms with Crippen molar-refractivity contribution in [3.63, 3.8) is 0 Å². The van der Waals surface area contributed by atoms with E-state index in [2.05, 4.69) is 10.1 Å². The smallest absolute Gasteiger partial charge is 0.407 e. The summed E-state index contributed by atoms with van der Waals surface area (Å²) in [4.78, 5) is 24.6.